The minimum absolute atomic E-state index is 0.210. The second-order valence-corrected chi connectivity index (χ2v) is 6.50. The molecule has 0 radical (unpaired) electrons. The molecule has 1 aliphatic heterocycles. The average molecular weight is 331 g/mol. The maximum absolute atomic E-state index is 9.91. The summed E-state index contributed by atoms with van der Waals surface area (Å²) in [6.45, 7) is 4.55. The molecule has 0 saturated carbocycles. The van der Waals surface area contributed by atoms with E-state index in [2.05, 4.69) is 44.9 Å². The molecule has 2 heterocycles. The van der Waals surface area contributed by atoms with Gasteiger partial charge in [0.15, 0.2) is 0 Å². The van der Waals surface area contributed by atoms with E-state index in [1.54, 1.807) is 0 Å². The fraction of sp³-hybridized carbons (Fsp3) is 0.769. The number of β-amino-alcohol motifs (C(OH)–C–C–N with tert-alkyl or cyclic N) is 1. The minimum atomic E-state index is -0.210. The van der Waals surface area contributed by atoms with E-state index in [4.69, 9.17) is 0 Å². The predicted octanol–water partition coefficient (Wildman–Crippen LogP) is 0.988. The van der Waals surface area contributed by atoms with Gasteiger partial charge in [-0.3, -0.25) is 9.58 Å². The zero-order valence-corrected chi connectivity index (χ0v) is 13.7. The van der Waals surface area contributed by atoms with Crippen molar-refractivity contribution in [2.45, 2.75) is 32.0 Å². The van der Waals surface area contributed by atoms with E-state index in [1.807, 2.05) is 18.7 Å². The molecule has 19 heavy (non-hydrogen) atoms. The first kappa shape index (κ1) is 15.0. The van der Waals surface area contributed by atoms with Crippen molar-refractivity contribution in [3.05, 3.63) is 15.9 Å². The first-order valence-corrected chi connectivity index (χ1v) is 7.42. The number of hydrogen-bond acceptors (Lipinski definition) is 4. The number of aromatic nitrogens is 2. The van der Waals surface area contributed by atoms with Gasteiger partial charge in [-0.05, 0) is 43.4 Å². The van der Waals surface area contributed by atoms with Gasteiger partial charge < -0.3 is 10.0 Å². The third-order valence-corrected chi connectivity index (χ3v) is 4.73. The number of aliphatic hydroxyl groups excluding tert-OH is 1. The zero-order valence-electron chi connectivity index (χ0n) is 12.1. The van der Waals surface area contributed by atoms with E-state index < -0.39 is 0 Å². The van der Waals surface area contributed by atoms with Crippen LogP contribution >= 0.6 is 15.9 Å². The third-order valence-electron chi connectivity index (χ3n) is 3.70. The van der Waals surface area contributed by atoms with Crippen molar-refractivity contribution in [3.63, 3.8) is 0 Å². The molecule has 1 aromatic rings. The molecule has 0 bridgehead atoms. The van der Waals surface area contributed by atoms with Crippen LogP contribution in [-0.2, 0) is 13.6 Å². The highest BCUT2D eigenvalue weighted by Crippen LogP contribution is 2.26. The van der Waals surface area contributed by atoms with Crippen LogP contribution in [0.1, 0.15) is 17.8 Å². The van der Waals surface area contributed by atoms with Crippen LogP contribution in [0.25, 0.3) is 0 Å². The summed E-state index contributed by atoms with van der Waals surface area (Å²) in [6, 6.07) is 0.409. The molecule has 1 N–H and O–H groups in total. The molecule has 5 nitrogen and oxygen atoms in total. The van der Waals surface area contributed by atoms with Gasteiger partial charge in [0.1, 0.15) is 0 Å². The normalized spacial score (nSPS) is 24.6. The molecule has 1 aromatic heterocycles. The zero-order chi connectivity index (χ0) is 14.2. The van der Waals surface area contributed by atoms with Crippen LogP contribution in [0.3, 0.4) is 0 Å². The van der Waals surface area contributed by atoms with Gasteiger partial charge in [-0.2, -0.15) is 5.10 Å². The summed E-state index contributed by atoms with van der Waals surface area (Å²) in [6.07, 6.45) is 0.644. The fourth-order valence-corrected chi connectivity index (χ4v) is 3.27. The fourth-order valence-electron chi connectivity index (χ4n) is 2.81. The Balaban J connectivity index is 2.12. The van der Waals surface area contributed by atoms with Crippen molar-refractivity contribution >= 4 is 15.9 Å². The van der Waals surface area contributed by atoms with Crippen LogP contribution in [0.2, 0.25) is 0 Å². The molecule has 1 aliphatic rings. The SMILES string of the molecule is Cc1nn(C)c(CN2CC(O)CC2CN(C)C)c1Br. The van der Waals surface area contributed by atoms with Crippen molar-refractivity contribution in [3.8, 4) is 0 Å². The van der Waals surface area contributed by atoms with Crippen LogP contribution in [-0.4, -0.2) is 64.0 Å². The Morgan fingerprint density at radius 1 is 1.47 bits per heavy atom. The molecule has 0 aromatic carbocycles. The molecular formula is C13H23BrN4O. The standard InChI is InChI=1S/C13H23BrN4O/c1-9-13(14)12(17(4)15-9)8-18-7-11(19)5-10(18)6-16(2)3/h10-11,19H,5-8H2,1-4H3. The number of hydrogen-bond donors (Lipinski definition) is 1. The maximum atomic E-state index is 9.91. The summed E-state index contributed by atoms with van der Waals surface area (Å²) in [7, 11) is 6.13. The van der Waals surface area contributed by atoms with Crippen LogP contribution in [0.5, 0.6) is 0 Å². The van der Waals surface area contributed by atoms with Crippen LogP contribution in [0.4, 0.5) is 0 Å². The Labute approximate surface area is 123 Å². The lowest BCUT2D eigenvalue weighted by atomic mass is 10.2. The molecule has 108 valence electrons. The third kappa shape index (κ3) is 3.37. The first-order chi connectivity index (χ1) is 8.88. The van der Waals surface area contributed by atoms with Crippen molar-refractivity contribution in [2.24, 2.45) is 7.05 Å². The van der Waals surface area contributed by atoms with E-state index in [1.165, 1.54) is 5.69 Å². The van der Waals surface area contributed by atoms with Crippen LogP contribution in [0, 0.1) is 6.92 Å². The highest BCUT2D eigenvalue weighted by molar-refractivity contribution is 9.10. The van der Waals surface area contributed by atoms with E-state index >= 15 is 0 Å². The summed E-state index contributed by atoms with van der Waals surface area (Å²) in [4.78, 5) is 4.53. The largest absolute Gasteiger partial charge is 0.392 e. The van der Waals surface area contributed by atoms with E-state index in [0.717, 1.165) is 36.2 Å². The van der Waals surface area contributed by atoms with Crippen LogP contribution in [0.15, 0.2) is 4.47 Å². The van der Waals surface area contributed by atoms with Gasteiger partial charge >= 0.3 is 0 Å². The highest BCUT2D eigenvalue weighted by Gasteiger charge is 2.32. The molecule has 6 heteroatoms. The minimum Gasteiger partial charge on any atom is -0.392 e. The number of likely N-dealkylation sites (N-methyl/N-ethyl adjacent to an activating group) is 1. The second-order valence-electron chi connectivity index (χ2n) is 5.70. The molecule has 0 spiro atoms. The van der Waals surface area contributed by atoms with E-state index in [-0.39, 0.29) is 6.10 Å². The monoisotopic (exact) mass is 330 g/mol. The second kappa shape index (κ2) is 5.91. The molecule has 2 atom stereocenters. The lowest BCUT2D eigenvalue weighted by Crippen LogP contribution is -2.37. The van der Waals surface area contributed by atoms with Crippen molar-refractivity contribution in [1.82, 2.24) is 19.6 Å². The number of aryl methyl sites for hydroxylation is 2. The predicted molar refractivity (Wildman–Crippen MR) is 79.0 cm³/mol. The molecule has 2 rings (SSSR count). The summed E-state index contributed by atoms with van der Waals surface area (Å²) < 4.78 is 3.01. The first-order valence-electron chi connectivity index (χ1n) is 6.63. The van der Waals surface area contributed by atoms with Crippen molar-refractivity contribution in [1.29, 1.82) is 0 Å². The van der Waals surface area contributed by atoms with Crippen molar-refractivity contribution < 1.29 is 5.11 Å². The highest BCUT2D eigenvalue weighted by atomic mass is 79.9. The Hall–Kier alpha value is -0.430. The van der Waals surface area contributed by atoms with Gasteiger partial charge in [-0.1, -0.05) is 0 Å². The van der Waals surface area contributed by atoms with Crippen molar-refractivity contribution in [2.75, 3.05) is 27.2 Å². The number of nitrogens with zero attached hydrogens (tertiary/aromatic N) is 4. The summed E-state index contributed by atoms with van der Waals surface area (Å²) in [5.74, 6) is 0. The van der Waals surface area contributed by atoms with Gasteiger partial charge in [0, 0.05) is 32.7 Å². The lowest BCUT2D eigenvalue weighted by molar-refractivity contribution is 0.167. The smallest absolute Gasteiger partial charge is 0.0739 e. The van der Waals surface area contributed by atoms with Gasteiger partial charge in [0.05, 0.1) is 22.0 Å². The Morgan fingerprint density at radius 2 is 2.16 bits per heavy atom. The number of halogens is 1. The molecule has 0 amide bonds. The van der Waals surface area contributed by atoms with Crippen LogP contribution < -0.4 is 0 Å². The molecule has 1 fully saturated rings. The Bertz CT molecular complexity index is 446. The lowest BCUT2D eigenvalue weighted by Gasteiger charge is -2.26. The van der Waals surface area contributed by atoms with Gasteiger partial charge in [-0.15, -0.1) is 0 Å². The van der Waals surface area contributed by atoms with E-state index in [9.17, 15) is 5.11 Å². The summed E-state index contributed by atoms with van der Waals surface area (Å²) >= 11 is 3.61. The Morgan fingerprint density at radius 3 is 2.68 bits per heavy atom. The van der Waals surface area contributed by atoms with Gasteiger partial charge in [0.2, 0.25) is 0 Å². The summed E-state index contributed by atoms with van der Waals surface area (Å²) in [5, 5.41) is 14.3. The quantitative estimate of drug-likeness (QED) is 0.894. The molecule has 2 unspecified atom stereocenters. The Kier molecular flexibility index (Phi) is 4.66. The molecule has 1 saturated heterocycles. The van der Waals surface area contributed by atoms with E-state index in [0.29, 0.717) is 6.04 Å². The maximum Gasteiger partial charge on any atom is 0.0739 e. The molecule has 0 aliphatic carbocycles. The van der Waals surface area contributed by atoms with Gasteiger partial charge in [-0.25, -0.2) is 0 Å². The topological polar surface area (TPSA) is 44.5 Å². The average Bonchev–Trinajstić information content (AvgIpc) is 2.74. The number of rotatable bonds is 4. The number of aliphatic hydroxyl groups is 1. The summed E-state index contributed by atoms with van der Waals surface area (Å²) in [5.41, 5.74) is 2.19. The number of likely N-dealkylation sites (tertiary alicyclic amines) is 1. The molecular weight excluding hydrogens is 308 g/mol. The van der Waals surface area contributed by atoms with Gasteiger partial charge in [0.25, 0.3) is 0 Å².